The molecule has 0 aromatic heterocycles. The van der Waals surface area contributed by atoms with Gasteiger partial charge in [-0.15, -0.1) is 11.6 Å². The summed E-state index contributed by atoms with van der Waals surface area (Å²) in [5.74, 6) is 0.250. The largest absolute Gasteiger partial charge is 0.391 e. The third kappa shape index (κ3) is 6.05. The third-order valence-electron chi connectivity index (χ3n) is 0.854. The molecule has 0 heterocycles. The molecule has 0 rings (SSSR count). The van der Waals surface area contributed by atoms with Crippen LogP contribution in [-0.4, -0.2) is 29.8 Å². The highest BCUT2D eigenvalue weighted by Gasteiger charge is 2.00. The Morgan fingerprint density at radius 3 is 2.67 bits per heavy atom. The molecule has 0 aromatic rings. The summed E-state index contributed by atoms with van der Waals surface area (Å²) < 4.78 is 0. The van der Waals surface area contributed by atoms with Crippen LogP contribution in [0.15, 0.2) is 0 Å². The van der Waals surface area contributed by atoms with Gasteiger partial charge in [0, 0.05) is 12.4 Å². The molecule has 0 spiro atoms. The second kappa shape index (κ2) is 4.99. The molecule has 3 nitrogen and oxygen atoms in total. The molecule has 0 aliphatic rings. The first-order valence-electron chi connectivity index (χ1n) is 2.89. The van der Waals surface area contributed by atoms with E-state index in [1.165, 1.54) is 0 Å². The number of alkyl halides is 1. The molecule has 56 valence electrons. The first-order valence-corrected chi connectivity index (χ1v) is 3.43. The minimum Gasteiger partial charge on any atom is -0.391 e. The van der Waals surface area contributed by atoms with E-state index in [4.69, 9.17) is 22.4 Å². The zero-order valence-corrected chi connectivity index (χ0v) is 6.23. The number of rotatable bonds is 4. The molecule has 0 aromatic carbocycles. The second-order valence-corrected chi connectivity index (χ2v) is 2.31. The van der Waals surface area contributed by atoms with Crippen molar-refractivity contribution in [2.75, 3.05) is 12.4 Å². The highest BCUT2D eigenvalue weighted by atomic mass is 35.5. The SMILES string of the molecule is CC(N)NCC(O)CCl. The van der Waals surface area contributed by atoms with Gasteiger partial charge < -0.3 is 10.8 Å². The summed E-state index contributed by atoms with van der Waals surface area (Å²) in [7, 11) is 0. The molecule has 0 aliphatic heterocycles. The molecule has 0 bridgehead atoms. The third-order valence-corrected chi connectivity index (χ3v) is 1.21. The van der Waals surface area contributed by atoms with Gasteiger partial charge in [-0.3, -0.25) is 5.32 Å². The molecule has 0 aliphatic carbocycles. The molecule has 9 heavy (non-hydrogen) atoms. The molecule has 2 atom stereocenters. The molecule has 0 saturated heterocycles. The number of nitrogens with two attached hydrogens (primary N) is 1. The van der Waals surface area contributed by atoms with E-state index in [0.29, 0.717) is 6.54 Å². The number of aliphatic hydroxyl groups excluding tert-OH is 1. The van der Waals surface area contributed by atoms with Crippen molar-refractivity contribution in [2.24, 2.45) is 5.73 Å². The van der Waals surface area contributed by atoms with E-state index in [2.05, 4.69) is 5.32 Å². The highest BCUT2D eigenvalue weighted by Crippen LogP contribution is 1.84. The summed E-state index contributed by atoms with van der Waals surface area (Å²) in [6.07, 6.45) is -0.569. The van der Waals surface area contributed by atoms with Gasteiger partial charge in [0.2, 0.25) is 0 Å². The Labute approximate surface area is 60.2 Å². The van der Waals surface area contributed by atoms with Crippen LogP contribution in [-0.2, 0) is 0 Å². The average molecular weight is 153 g/mol. The lowest BCUT2D eigenvalue weighted by atomic mass is 10.4. The number of hydrogen-bond donors (Lipinski definition) is 3. The van der Waals surface area contributed by atoms with Gasteiger partial charge in [-0.1, -0.05) is 0 Å². The van der Waals surface area contributed by atoms with Crippen LogP contribution in [0.5, 0.6) is 0 Å². The molecule has 2 unspecified atom stereocenters. The average Bonchev–Trinajstić information content (AvgIpc) is 1.83. The Hall–Kier alpha value is 0.170. The first-order chi connectivity index (χ1) is 4.16. The normalized spacial score (nSPS) is 17.3. The van der Waals surface area contributed by atoms with Crippen molar-refractivity contribution in [1.29, 1.82) is 0 Å². The van der Waals surface area contributed by atoms with E-state index in [1.54, 1.807) is 6.92 Å². The fraction of sp³-hybridized carbons (Fsp3) is 1.00. The Morgan fingerprint density at radius 1 is 1.78 bits per heavy atom. The summed E-state index contributed by atoms with van der Waals surface area (Å²) in [4.78, 5) is 0. The molecule has 4 heteroatoms. The van der Waals surface area contributed by atoms with Crippen LogP contribution in [0.3, 0.4) is 0 Å². The summed E-state index contributed by atoms with van der Waals surface area (Å²) in [6.45, 7) is 2.27. The number of hydrogen-bond acceptors (Lipinski definition) is 3. The quantitative estimate of drug-likeness (QED) is 0.376. The van der Waals surface area contributed by atoms with Gasteiger partial charge in [0.05, 0.1) is 12.3 Å². The highest BCUT2D eigenvalue weighted by molar-refractivity contribution is 6.18. The van der Waals surface area contributed by atoms with E-state index in [9.17, 15) is 0 Å². The van der Waals surface area contributed by atoms with Crippen molar-refractivity contribution < 1.29 is 5.11 Å². The summed E-state index contributed by atoms with van der Waals surface area (Å²) in [5, 5.41) is 11.7. The second-order valence-electron chi connectivity index (χ2n) is 2.01. The minimum absolute atomic E-state index is 0.0807. The lowest BCUT2D eigenvalue weighted by Crippen LogP contribution is -2.39. The summed E-state index contributed by atoms with van der Waals surface area (Å²) in [5.41, 5.74) is 5.33. The van der Waals surface area contributed by atoms with E-state index in [1.807, 2.05) is 0 Å². The van der Waals surface area contributed by atoms with Gasteiger partial charge in [0.1, 0.15) is 0 Å². The van der Waals surface area contributed by atoms with Crippen molar-refractivity contribution in [3.05, 3.63) is 0 Å². The van der Waals surface area contributed by atoms with Crippen molar-refractivity contribution in [3.63, 3.8) is 0 Å². The molecule has 0 radical (unpaired) electrons. The maximum Gasteiger partial charge on any atom is 0.0800 e. The fourth-order valence-electron chi connectivity index (χ4n) is 0.376. The molecular weight excluding hydrogens is 140 g/mol. The molecule has 4 N–H and O–H groups in total. The van der Waals surface area contributed by atoms with Crippen LogP contribution in [0.25, 0.3) is 0 Å². The van der Waals surface area contributed by atoms with Crippen LogP contribution in [0, 0.1) is 0 Å². The van der Waals surface area contributed by atoms with Gasteiger partial charge in [-0.2, -0.15) is 0 Å². The lowest BCUT2D eigenvalue weighted by molar-refractivity contribution is 0.190. The topological polar surface area (TPSA) is 58.3 Å². The van der Waals surface area contributed by atoms with E-state index < -0.39 is 6.10 Å². The number of nitrogens with one attached hydrogen (secondary N) is 1. The lowest BCUT2D eigenvalue weighted by Gasteiger charge is -2.10. The van der Waals surface area contributed by atoms with Crippen molar-refractivity contribution in [2.45, 2.75) is 19.2 Å². The molecule has 0 amide bonds. The fourth-order valence-corrected chi connectivity index (χ4v) is 0.486. The number of aliphatic hydroxyl groups is 1. The molecule has 0 saturated carbocycles. The first kappa shape index (κ1) is 9.17. The smallest absolute Gasteiger partial charge is 0.0800 e. The Bertz CT molecular complexity index is 70.0. The van der Waals surface area contributed by atoms with Gasteiger partial charge in [-0.05, 0) is 6.92 Å². The van der Waals surface area contributed by atoms with Gasteiger partial charge >= 0.3 is 0 Å². The van der Waals surface area contributed by atoms with E-state index in [0.717, 1.165) is 0 Å². The zero-order chi connectivity index (χ0) is 7.28. The van der Waals surface area contributed by atoms with Crippen LogP contribution in [0.1, 0.15) is 6.92 Å². The van der Waals surface area contributed by atoms with Gasteiger partial charge in [-0.25, -0.2) is 0 Å². The van der Waals surface area contributed by atoms with Crippen molar-refractivity contribution in [1.82, 2.24) is 5.32 Å². The Kier molecular flexibility index (Phi) is 5.09. The minimum atomic E-state index is -0.488. The Morgan fingerprint density at radius 2 is 2.33 bits per heavy atom. The Balaban J connectivity index is 3.06. The van der Waals surface area contributed by atoms with Crippen LogP contribution in [0.2, 0.25) is 0 Å². The van der Waals surface area contributed by atoms with Crippen LogP contribution >= 0.6 is 11.6 Å². The monoisotopic (exact) mass is 152 g/mol. The number of halogens is 1. The summed E-state index contributed by atoms with van der Waals surface area (Å²) in [6, 6.07) is 0. The predicted molar refractivity (Wildman–Crippen MR) is 38.4 cm³/mol. The van der Waals surface area contributed by atoms with Crippen LogP contribution in [0.4, 0.5) is 0 Å². The van der Waals surface area contributed by atoms with Crippen molar-refractivity contribution in [3.8, 4) is 0 Å². The standard InChI is InChI=1S/C5H13ClN2O/c1-4(7)8-3-5(9)2-6/h4-5,8-9H,2-3,7H2,1H3. The van der Waals surface area contributed by atoms with Gasteiger partial charge in [0.25, 0.3) is 0 Å². The molecular formula is C5H13ClN2O. The summed E-state index contributed by atoms with van der Waals surface area (Å²) >= 11 is 5.30. The molecule has 0 fully saturated rings. The predicted octanol–water partition coefficient (Wildman–Crippen LogP) is -0.520. The van der Waals surface area contributed by atoms with Gasteiger partial charge in [0.15, 0.2) is 0 Å². The zero-order valence-electron chi connectivity index (χ0n) is 5.47. The maximum atomic E-state index is 8.86. The maximum absolute atomic E-state index is 8.86. The van der Waals surface area contributed by atoms with E-state index >= 15 is 0 Å². The van der Waals surface area contributed by atoms with E-state index in [-0.39, 0.29) is 12.0 Å². The van der Waals surface area contributed by atoms with Crippen molar-refractivity contribution >= 4 is 11.6 Å². The van der Waals surface area contributed by atoms with Crippen LogP contribution < -0.4 is 11.1 Å².